The molecule has 1 heterocycles. The Labute approximate surface area is 170 Å². The summed E-state index contributed by atoms with van der Waals surface area (Å²) in [6, 6.07) is 9.19. The van der Waals surface area contributed by atoms with Crippen LogP contribution in [0.4, 0.5) is 18.0 Å². The zero-order valence-corrected chi connectivity index (χ0v) is 16.5. The van der Waals surface area contributed by atoms with Crippen molar-refractivity contribution in [1.29, 1.82) is 0 Å². The average molecular weight is 420 g/mol. The second kappa shape index (κ2) is 7.47. The Bertz CT molecular complexity index is 1020. The molecule has 9 heteroatoms. The Kier molecular flexibility index (Phi) is 5.32. The first-order chi connectivity index (χ1) is 13.9. The van der Waals surface area contributed by atoms with E-state index in [0.717, 1.165) is 28.2 Å². The van der Waals surface area contributed by atoms with Gasteiger partial charge in [-0.2, -0.15) is 0 Å². The maximum Gasteiger partial charge on any atom is 0.573 e. The van der Waals surface area contributed by atoms with Crippen LogP contribution in [0.5, 0.6) is 5.75 Å². The molecule has 6 nitrogen and oxygen atoms in total. The molecule has 0 saturated carbocycles. The van der Waals surface area contributed by atoms with Crippen LogP contribution in [0.25, 0.3) is 0 Å². The van der Waals surface area contributed by atoms with Crippen molar-refractivity contribution in [2.24, 2.45) is 0 Å². The second-order valence-electron chi connectivity index (χ2n) is 7.26. The molecule has 0 radical (unpaired) electrons. The number of carbonyl (C=O) groups is 3. The summed E-state index contributed by atoms with van der Waals surface area (Å²) in [5, 5.41) is 2.52. The summed E-state index contributed by atoms with van der Waals surface area (Å²) in [7, 11) is 0. The molecule has 3 amide bonds. The van der Waals surface area contributed by atoms with Gasteiger partial charge in [-0.25, -0.2) is 4.79 Å². The fourth-order valence-electron chi connectivity index (χ4n) is 3.29. The number of alkyl halides is 3. The summed E-state index contributed by atoms with van der Waals surface area (Å²) < 4.78 is 40.8. The largest absolute Gasteiger partial charge is 0.573 e. The highest BCUT2D eigenvalue weighted by molar-refractivity contribution is 6.11. The first-order valence-corrected chi connectivity index (χ1v) is 9.01. The summed E-state index contributed by atoms with van der Waals surface area (Å²) in [6.45, 7) is 4.56. The summed E-state index contributed by atoms with van der Waals surface area (Å²) in [4.78, 5) is 38.9. The van der Waals surface area contributed by atoms with Crippen molar-refractivity contribution in [2.75, 3.05) is 6.54 Å². The normalized spacial score (nSPS) is 19.1. The molecular formula is C21H19F3N2O4. The van der Waals surface area contributed by atoms with E-state index in [0.29, 0.717) is 5.56 Å². The van der Waals surface area contributed by atoms with Crippen molar-refractivity contribution >= 4 is 17.7 Å². The van der Waals surface area contributed by atoms with E-state index in [2.05, 4.69) is 10.1 Å². The van der Waals surface area contributed by atoms with Crippen molar-refractivity contribution in [3.63, 3.8) is 0 Å². The van der Waals surface area contributed by atoms with Gasteiger partial charge in [-0.15, -0.1) is 13.2 Å². The smallest absolute Gasteiger partial charge is 0.406 e. The van der Waals surface area contributed by atoms with Gasteiger partial charge < -0.3 is 10.1 Å². The van der Waals surface area contributed by atoms with Crippen LogP contribution in [0.2, 0.25) is 0 Å². The number of benzene rings is 2. The zero-order valence-electron chi connectivity index (χ0n) is 16.5. The molecule has 0 spiro atoms. The van der Waals surface area contributed by atoms with Gasteiger partial charge in [-0.05, 0) is 50.1 Å². The quantitative estimate of drug-likeness (QED) is 0.589. The van der Waals surface area contributed by atoms with Crippen LogP contribution in [0.15, 0.2) is 42.5 Å². The van der Waals surface area contributed by atoms with Gasteiger partial charge in [0, 0.05) is 5.56 Å². The van der Waals surface area contributed by atoms with Crippen molar-refractivity contribution in [3.8, 4) is 5.75 Å². The number of aryl methyl sites for hydroxylation is 2. The SMILES string of the molecule is Cc1ccc(C)c(C(=O)CN2C(=O)NC(C)(c3ccc(OC(F)(F)F)cc3)C2=O)c1. The zero-order chi connectivity index (χ0) is 22.3. The molecule has 1 fully saturated rings. The van der Waals surface area contributed by atoms with E-state index in [1.165, 1.54) is 19.1 Å². The molecule has 3 rings (SSSR count). The monoisotopic (exact) mass is 420 g/mol. The highest BCUT2D eigenvalue weighted by Crippen LogP contribution is 2.31. The molecule has 1 atom stereocenters. The molecule has 0 aromatic heterocycles. The van der Waals surface area contributed by atoms with Gasteiger partial charge >= 0.3 is 12.4 Å². The van der Waals surface area contributed by atoms with E-state index in [1.807, 2.05) is 13.0 Å². The minimum atomic E-state index is -4.84. The Morgan fingerprint density at radius 2 is 1.73 bits per heavy atom. The Morgan fingerprint density at radius 3 is 2.33 bits per heavy atom. The Hall–Kier alpha value is -3.36. The standard InChI is InChI=1S/C21H19F3N2O4/c1-12-4-5-13(2)16(10-12)17(27)11-26-18(28)20(3,25-19(26)29)14-6-8-15(9-7-14)30-21(22,23)24/h4-10H,11H2,1-3H3,(H,25,29). The highest BCUT2D eigenvalue weighted by Gasteiger charge is 2.49. The molecule has 0 aliphatic carbocycles. The molecule has 158 valence electrons. The van der Waals surface area contributed by atoms with E-state index in [4.69, 9.17) is 0 Å². The van der Waals surface area contributed by atoms with E-state index in [1.54, 1.807) is 19.1 Å². The molecule has 1 N–H and O–H groups in total. The third kappa shape index (κ3) is 4.14. The number of urea groups is 1. The third-order valence-corrected chi connectivity index (χ3v) is 4.94. The Balaban J connectivity index is 1.81. The number of hydrogen-bond donors (Lipinski definition) is 1. The summed E-state index contributed by atoms with van der Waals surface area (Å²) in [6.07, 6.45) is -4.84. The van der Waals surface area contributed by atoms with Crippen LogP contribution in [0, 0.1) is 13.8 Å². The van der Waals surface area contributed by atoms with Gasteiger partial charge in [0.15, 0.2) is 5.78 Å². The number of rotatable bonds is 5. The van der Waals surface area contributed by atoms with Gasteiger partial charge in [0.25, 0.3) is 5.91 Å². The van der Waals surface area contributed by atoms with Crippen molar-refractivity contribution in [1.82, 2.24) is 10.2 Å². The van der Waals surface area contributed by atoms with Crippen LogP contribution in [-0.4, -0.2) is 35.5 Å². The maximum absolute atomic E-state index is 12.9. The van der Waals surface area contributed by atoms with Crippen LogP contribution in [0.3, 0.4) is 0 Å². The predicted octanol–water partition coefficient (Wildman–Crippen LogP) is 3.85. The minimum Gasteiger partial charge on any atom is -0.406 e. The molecule has 1 unspecified atom stereocenters. The summed E-state index contributed by atoms with van der Waals surface area (Å²) in [5.41, 5.74) is 0.748. The number of imide groups is 1. The fourth-order valence-corrected chi connectivity index (χ4v) is 3.29. The number of halogens is 3. The lowest BCUT2D eigenvalue weighted by molar-refractivity contribution is -0.274. The van der Waals surface area contributed by atoms with Crippen LogP contribution in [0.1, 0.15) is 34.0 Å². The maximum atomic E-state index is 12.9. The second-order valence-corrected chi connectivity index (χ2v) is 7.26. The Morgan fingerprint density at radius 1 is 1.10 bits per heavy atom. The average Bonchev–Trinajstić information content (AvgIpc) is 2.87. The first-order valence-electron chi connectivity index (χ1n) is 9.01. The molecule has 2 aromatic carbocycles. The van der Waals surface area contributed by atoms with Gasteiger partial charge in [-0.3, -0.25) is 14.5 Å². The summed E-state index contributed by atoms with van der Waals surface area (Å²) in [5.74, 6) is -1.51. The van der Waals surface area contributed by atoms with Crippen molar-refractivity contribution in [2.45, 2.75) is 32.7 Å². The number of carbonyl (C=O) groups excluding carboxylic acids is 3. The van der Waals surface area contributed by atoms with Gasteiger partial charge in [0.05, 0.1) is 6.54 Å². The topological polar surface area (TPSA) is 75.7 Å². The predicted molar refractivity (Wildman–Crippen MR) is 101 cm³/mol. The number of ether oxygens (including phenoxy) is 1. The summed E-state index contributed by atoms with van der Waals surface area (Å²) >= 11 is 0. The lowest BCUT2D eigenvalue weighted by Crippen LogP contribution is -2.41. The third-order valence-electron chi connectivity index (χ3n) is 4.94. The molecule has 0 bridgehead atoms. The number of amides is 3. The van der Waals surface area contributed by atoms with Gasteiger partial charge in [-0.1, -0.05) is 29.8 Å². The van der Waals surface area contributed by atoms with Gasteiger partial charge in [0.1, 0.15) is 11.3 Å². The molecule has 1 aliphatic rings. The minimum absolute atomic E-state index is 0.261. The molecule has 1 saturated heterocycles. The van der Waals surface area contributed by atoms with Crippen LogP contribution in [-0.2, 0) is 10.3 Å². The molecule has 1 aliphatic heterocycles. The number of hydrogen-bond acceptors (Lipinski definition) is 4. The first kappa shape index (κ1) is 21.4. The number of ketones is 1. The fraction of sp³-hybridized carbons (Fsp3) is 0.286. The van der Waals surface area contributed by atoms with Crippen molar-refractivity contribution < 1.29 is 32.3 Å². The van der Waals surface area contributed by atoms with Crippen LogP contribution < -0.4 is 10.1 Å². The number of nitrogens with one attached hydrogen (secondary N) is 1. The lowest BCUT2D eigenvalue weighted by atomic mass is 9.92. The van der Waals surface area contributed by atoms with E-state index < -0.39 is 41.9 Å². The van der Waals surface area contributed by atoms with Gasteiger partial charge in [0.2, 0.25) is 0 Å². The van der Waals surface area contributed by atoms with Crippen LogP contribution >= 0.6 is 0 Å². The van der Waals surface area contributed by atoms with Crippen molar-refractivity contribution in [3.05, 3.63) is 64.7 Å². The molecule has 2 aromatic rings. The number of nitrogens with zero attached hydrogens (tertiary/aromatic N) is 1. The highest BCUT2D eigenvalue weighted by atomic mass is 19.4. The lowest BCUT2D eigenvalue weighted by Gasteiger charge is -2.22. The number of Topliss-reactive ketones (excluding diaryl/α,β-unsaturated/α-hetero) is 1. The van der Waals surface area contributed by atoms with E-state index in [-0.39, 0.29) is 5.56 Å². The van der Waals surface area contributed by atoms with E-state index in [9.17, 15) is 27.6 Å². The molecule has 30 heavy (non-hydrogen) atoms. The van der Waals surface area contributed by atoms with E-state index >= 15 is 0 Å². The molecular weight excluding hydrogens is 401 g/mol.